The predicted molar refractivity (Wildman–Crippen MR) is 70.6 cm³/mol. The molecule has 19 heavy (non-hydrogen) atoms. The van der Waals surface area contributed by atoms with E-state index >= 15 is 0 Å². The van der Waals surface area contributed by atoms with Crippen LogP contribution in [-0.2, 0) is 14.3 Å². The highest BCUT2D eigenvalue weighted by Crippen LogP contribution is 2.07. The summed E-state index contributed by atoms with van der Waals surface area (Å²) in [4.78, 5) is 25.9. The Morgan fingerprint density at radius 3 is 2.68 bits per heavy atom. The van der Waals surface area contributed by atoms with E-state index in [2.05, 4.69) is 10.6 Å². The summed E-state index contributed by atoms with van der Waals surface area (Å²) in [5.41, 5.74) is 0. The molecule has 1 unspecified atom stereocenters. The molecule has 2 N–H and O–H groups in total. The summed E-state index contributed by atoms with van der Waals surface area (Å²) >= 11 is 0. The topological polar surface area (TPSA) is 70.7 Å². The number of nitrogens with zero attached hydrogens (tertiary/aromatic N) is 1. The van der Waals surface area contributed by atoms with Gasteiger partial charge in [-0.2, -0.15) is 0 Å². The molecular formula is C13H23N3O3. The molecule has 6 nitrogen and oxygen atoms in total. The van der Waals surface area contributed by atoms with Crippen LogP contribution >= 0.6 is 0 Å². The maximum Gasteiger partial charge on any atom is 0.245 e. The first-order valence-electron chi connectivity index (χ1n) is 7.09. The molecule has 0 aromatic carbocycles. The number of morpholine rings is 1. The number of hydrogen-bond donors (Lipinski definition) is 2. The second-order valence-corrected chi connectivity index (χ2v) is 5.17. The Morgan fingerprint density at radius 1 is 1.32 bits per heavy atom. The van der Waals surface area contributed by atoms with Crippen molar-refractivity contribution in [2.45, 2.75) is 38.3 Å². The maximum absolute atomic E-state index is 12.2. The molecule has 0 radical (unpaired) electrons. The molecule has 2 fully saturated rings. The largest absolute Gasteiger partial charge is 0.378 e. The maximum atomic E-state index is 12.2. The number of hydrogen-bond acceptors (Lipinski definition) is 4. The molecule has 0 aromatic rings. The third kappa shape index (κ3) is 3.91. The summed E-state index contributed by atoms with van der Waals surface area (Å²) in [6.07, 6.45) is 3.03. The number of piperidine rings is 1. The van der Waals surface area contributed by atoms with E-state index in [1.807, 2.05) is 0 Å². The fraction of sp³-hybridized carbons (Fsp3) is 0.846. The molecule has 0 saturated carbocycles. The SMILES string of the molecule is CC(NC(=O)[C@@H]1CCCCN1)C(=O)N1CCOCC1. The van der Waals surface area contributed by atoms with Crippen molar-refractivity contribution in [3.63, 3.8) is 0 Å². The lowest BCUT2D eigenvalue weighted by atomic mass is 10.0. The van der Waals surface area contributed by atoms with E-state index in [9.17, 15) is 9.59 Å². The number of carbonyl (C=O) groups excluding carboxylic acids is 2. The van der Waals surface area contributed by atoms with Gasteiger partial charge in [0.25, 0.3) is 0 Å². The van der Waals surface area contributed by atoms with Gasteiger partial charge in [0.2, 0.25) is 11.8 Å². The Kier molecular flexibility index (Phi) is 5.15. The molecule has 2 heterocycles. The lowest BCUT2D eigenvalue weighted by molar-refractivity contribution is -0.139. The van der Waals surface area contributed by atoms with Crippen LogP contribution in [0.5, 0.6) is 0 Å². The molecule has 2 aliphatic heterocycles. The van der Waals surface area contributed by atoms with Crippen LogP contribution in [0, 0.1) is 0 Å². The van der Waals surface area contributed by atoms with E-state index in [4.69, 9.17) is 4.74 Å². The first kappa shape index (κ1) is 14.3. The van der Waals surface area contributed by atoms with Crippen LogP contribution in [0.15, 0.2) is 0 Å². The number of nitrogens with one attached hydrogen (secondary N) is 2. The monoisotopic (exact) mass is 269 g/mol. The molecule has 0 aromatic heterocycles. The smallest absolute Gasteiger partial charge is 0.245 e. The lowest BCUT2D eigenvalue weighted by Gasteiger charge is -2.30. The van der Waals surface area contributed by atoms with E-state index in [0.29, 0.717) is 26.3 Å². The summed E-state index contributed by atoms with van der Waals surface area (Å²) in [6, 6.07) is -0.608. The van der Waals surface area contributed by atoms with Gasteiger partial charge in [-0.3, -0.25) is 9.59 Å². The highest BCUT2D eigenvalue weighted by molar-refractivity contribution is 5.89. The number of amides is 2. The quantitative estimate of drug-likeness (QED) is 0.724. The van der Waals surface area contributed by atoms with Gasteiger partial charge in [-0.25, -0.2) is 0 Å². The molecule has 0 spiro atoms. The molecule has 108 valence electrons. The highest BCUT2D eigenvalue weighted by atomic mass is 16.5. The highest BCUT2D eigenvalue weighted by Gasteiger charge is 2.27. The molecule has 2 saturated heterocycles. The van der Waals surface area contributed by atoms with Gasteiger partial charge in [0.15, 0.2) is 0 Å². The summed E-state index contributed by atoms with van der Waals surface area (Å²) in [6.45, 7) is 5.01. The summed E-state index contributed by atoms with van der Waals surface area (Å²) in [5.74, 6) is -0.0822. The second-order valence-electron chi connectivity index (χ2n) is 5.17. The van der Waals surface area contributed by atoms with Gasteiger partial charge in [-0.1, -0.05) is 6.42 Å². The standard InChI is InChI=1S/C13H23N3O3/c1-10(13(18)16-6-8-19-9-7-16)15-12(17)11-4-2-3-5-14-11/h10-11,14H,2-9H2,1H3,(H,15,17)/t10?,11-/m0/s1. The van der Waals surface area contributed by atoms with Crippen LogP contribution in [-0.4, -0.2) is 61.6 Å². The first-order valence-corrected chi connectivity index (χ1v) is 7.09. The predicted octanol–water partition coefficient (Wildman–Crippen LogP) is -0.508. The van der Waals surface area contributed by atoms with Crippen LogP contribution in [0.4, 0.5) is 0 Å². The van der Waals surface area contributed by atoms with Crippen molar-refractivity contribution in [3.8, 4) is 0 Å². The van der Waals surface area contributed by atoms with Crippen LogP contribution < -0.4 is 10.6 Å². The van der Waals surface area contributed by atoms with E-state index in [-0.39, 0.29) is 17.9 Å². The van der Waals surface area contributed by atoms with Crippen molar-refractivity contribution in [1.29, 1.82) is 0 Å². The van der Waals surface area contributed by atoms with E-state index in [0.717, 1.165) is 25.8 Å². The zero-order chi connectivity index (χ0) is 13.7. The van der Waals surface area contributed by atoms with E-state index in [1.165, 1.54) is 0 Å². The average Bonchev–Trinajstić information content (AvgIpc) is 2.48. The molecule has 2 rings (SSSR count). The van der Waals surface area contributed by atoms with E-state index < -0.39 is 6.04 Å². The number of carbonyl (C=O) groups is 2. The van der Waals surface area contributed by atoms with E-state index in [1.54, 1.807) is 11.8 Å². The molecule has 0 bridgehead atoms. The minimum absolute atomic E-state index is 0.0209. The van der Waals surface area contributed by atoms with Gasteiger partial charge in [0.1, 0.15) is 6.04 Å². The van der Waals surface area contributed by atoms with Gasteiger partial charge in [-0.15, -0.1) is 0 Å². The minimum Gasteiger partial charge on any atom is -0.378 e. The zero-order valence-corrected chi connectivity index (χ0v) is 11.5. The van der Waals surface area contributed by atoms with Crippen molar-refractivity contribution in [2.75, 3.05) is 32.8 Å². The van der Waals surface area contributed by atoms with Crippen LogP contribution in [0.3, 0.4) is 0 Å². The lowest BCUT2D eigenvalue weighted by Crippen LogP contribution is -2.54. The third-order valence-corrected chi connectivity index (χ3v) is 3.68. The molecular weight excluding hydrogens is 246 g/mol. The van der Waals surface area contributed by atoms with Crippen molar-refractivity contribution in [1.82, 2.24) is 15.5 Å². The van der Waals surface area contributed by atoms with Crippen LogP contribution in [0.1, 0.15) is 26.2 Å². The van der Waals surface area contributed by atoms with Crippen molar-refractivity contribution >= 4 is 11.8 Å². The van der Waals surface area contributed by atoms with Crippen LogP contribution in [0.2, 0.25) is 0 Å². The fourth-order valence-electron chi connectivity index (χ4n) is 2.51. The van der Waals surface area contributed by atoms with Gasteiger partial charge in [0, 0.05) is 13.1 Å². The Balaban J connectivity index is 1.80. The molecule has 2 amide bonds. The Bertz CT molecular complexity index is 323. The fourth-order valence-corrected chi connectivity index (χ4v) is 2.51. The van der Waals surface area contributed by atoms with Crippen molar-refractivity contribution in [3.05, 3.63) is 0 Å². The molecule has 2 atom stereocenters. The van der Waals surface area contributed by atoms with Crippen molar-refractivity contribution in [2.24, 2.45) is 0 Å². The zero-order valence-electron chi connectivity index (χ0n) is 11.5. The average molecular weight is 269 g/mol. The number of rotatable bonds is 3. The van der Waals surface area contributed by atoms with Crippen LogP contribution in [0.25, 0.3) is 0 Å². The van der Waals surface area contributed by atoms with Gasteiger partial charge in [-0.05, 0) is 26.3 Å². The summed E-state index contributed by atoms with van der Waals surface area (Å²) in [7, 11) is 0. The minimum atomic E-state index is -0.464. The second kappa shape index (κ2) is 6.86. The number of ether oxygens (including phenoxy) is 1. The normalized spacial score (nSPS) is 25.7. The third-order valence-electron chi connectivity index (χ3n) is 3.68. The van der Waals surface area contributed by atoms with Gasteiger partial charge in [0.05, 0.1) is 19.3 Å². The van der Waals surface area contributed by atoms with Gasteiger partial charge >= 0.3 is 0 Å². The first-order chi connectivity index (χ1) is 9.18. The summed E-state index contributed by atoms with van der Waals surface area (Å²) < 4.78 is 5.21. The Morgan fingerprint density at radius 2 is 2.05 bits per heavy atom. The molecule has 0 aliphatic carbocycles. The summed E-state index contributed by atoms with van der Waals surface area (Å²) in [5, 5.41) is 6.00. The molecule has 6 heteroatoms. The molecule has 2 aliphatic rings. The van der Waals surface area contributed by atoms with Crippen molar-refractivity contribution < 1.29 is 14.3 Å². The van der Waals surface area contributed by atoms with Gasteiger partial charge < -0.3 is 20.3 Å². The Labute approximate surface area is 113 Å². The Hall–Kier alpha value is -1.14.